The Bertz CT molecular complexity index is 549. The average Bonchev–Trinajstić information content (AvgIpc) is 2.64. The van der Waals surface area contributed by atoms with Gasteiger partial charge in [0.05, 0.1) is 13.0 Å². The monoisotopic (exact) mass is 442 g/mol. The minimum atomic E-state index is -5.01. The third-order valence-corrected chi connectivity index (χ3v) is 5.37. The number of carbonyl (C=O) groups is 2. The fraction of sp³-hybridized carbons (Fsp3) is 0.800. The Labute approximate surface area is 198 Å². The van der Waals surface area contributed by atoms with Crippen LogP contribution in [0.2, 0.25) is 0 Å². The van der Waals surface area contributed by atoms with E-state index in [1.54, 1.807) is 0 Å². The van der Waals surface area contributed by atoms with Crippen molar-refractivity contribution in [3.05, 3.63) is 12.7 Å². The molecule has 164 valence electrons. The number of hydrogen-bond donors (Lipinski definition) is 0. The van der Waals surface area contributed by atoms with Gasteiger partial charge in [0.25, 0.3) is 0 Å². The average molecular weight is 443 g/mol. The predicted octanol–water partition coefficient (Wildman–Crippen LogP) is 0.878. The van der Waals surface area contributed by atoms with Gasteiger partial charge in [0, 0.05) is 0 Å². The molecule has 1 unspecified atom stereocenters. The topological polar surface area (TPSA) is 110 Å². The smallest absolute Gasteiger partial charge is 0.747 e. The zero-order valence-corrected chi connectivity index (χ0v) is 20.8. The van der Waals surface area contributed by atoms with Crippen LogP contribution in [0.25, 0.3) is 0 Å². The van der Waals surface area contributed by atoms with Crippen molar-refractivity contribution in [2.24, 2.45) is 0 Å². The first-order chi connectivity index (χ1) is 13.3. The molecule has 0 N–H and O–H groups in total. The van der Waals surface area contributed by atoms with Gasteiger partial charge in [0.2, 0.25) is 0 Å². The van der Waals surface area contributed by atoms with Crippen LogP contribution in [0.3, 0.4) is 0 Å². The standard InChI is InChI=1S/C20H36O7S.Na/c1-3-5-6-7-8-9-10-11-12-13-14-16-26-19(21)17-18(28(23,24)25)20(22)27-15-4-2;/h4,18H,2-3,5-17H2,1H3,(H,23,24,25);/q;+1/p-1. The maximum absolute atomic E-state index is 11.7. The Kier molecular flexibility index (Phi) is 20.7. The predicted molar refractivity (Wildman–Crippen MR) is 107 cm³/mol. The van der Waals surface area contributed by atoms with Gasteiger partial charge in [-0.2, -0.15) is 0 Å². The first-order valence-corrected chi connectivity index (χ1v) is 11.7. The van der Waals surface area contributed by atoms with Crippen molar-refractivity contribution < 1.29 is 61.6 Å². The van der Waals surface area contributed by atoms with E-state index in [4.69, 9.17) is 4.74 Å². The van der Waals surface area contributed by atoms with E-state index in [0.29, 0.717) is 6.42 Å². The maximum Gasteiger partial charge on any atom is 1.00 e. The molecule has 0 saturated heterocycles. The number of ether oxygens (including phenoxy) is 2. The van der Waals surface area contributed by atoms with Gasteiger partial charge in [-0.1, -0.05) is 83.8 Å². The molecule has 0 aromatic heterocycles. The van der Waals surface area contributed by atoms with Crippen molar-refractivity contribution in [2.75, 3.05) is 13.2 Å². The Hall–Kier alpha value is -0.410. The van der Waals surface area contributed by atoms with E-state index >= 15 is 0 Å². The summed E-state index contributed by atoms with van der Waals surface area (Å²) in [6.07, 6.45) is 13.1. The summed E-state index contributed by atoms with van der Waals surface area (Å²) in [5.74, 6) is -2.16. The van der Waals surface area contributed by atoms with Crippen molar-refractivity contribution in [2.45, 2.75) is 89.2 Å². The van der Waals surface area contributed by atoms with Crippen molar-refractivity contribution in [1.29, 1.82) is 0 Å². The van der Waals surface area contributed by atoms with Crippen molar-refractivity contribution >= 4 is 22.1 Å². The molecule has 29 heavy (non-hydrogen) atoms. The van der Waals surface area contributed by atoms with Crippen LogP contribution in [0.1, 0.15) is 84.0 Å². The normalized spacial score (nSPS) is 11.9. The van der Waals surface area contributed by atoms with Crippen LogP contribution < -0.4 is 29.6 Å². The minimum absolute atomic E-state index is 0. The zero-order chi connectivity index (χ0) is 21.3. The quantitative estimate of drug-likeness (QED) is 0.102. The van der Waals surface area contributed by atoms with E-state index in [1.165, 1.54) is 51.0 Å². The molecule has 0 aromatic rings. The van der Waals surface area contributed by atoms with Crippen molar-refractivity contribution in [3.8, 4) is 0 Å². The van der Waals surface area contributed by atoms with Crippen LogP contribution in [-0.2, 0) is 29.2 Å². The second-order valence-corrected chi connectivity index (χ2v) is 8.41. The Morgan fingerprint density at radius 1 is 0.931 bits per heavy atom. The zero-order valence-electron chi connectivity index (χ0n) is 18.0. The Morgan fingerprint density at radius 2 is 1.41 bits per heavy atom. The molecule has 7 nitrogen and oxygen atoms in total. The molecule has 0 radical (unpaired) electrons. The van der Waals surface area contributed by atoms with Gasteiger partial charge in [0.15, 0.2) is 5.25 Å². The molecule has 0 bridgehead atoms. The van der Waals surface area contributed by atoms with E-state index in [2.05, 4.69) is 18.2 Å². The summed E-state index contributed by atoms with van der Waals surface area (Å²) in [5.41, 5.74) is 0. The van der Waals surface area contributed by atoms with Gasteiger partial charge >= 0.3 is 41.5 Å². The molecule has 1 atom stereocenters. The number of esters is 2. The number of unbranched alkanes of at least 4 members (excludes halogenated alkanes) is 10. The molecule has 0 aromatic carbocycles. The van der Waals surface area contributed by atoms with Gasteiger partial charge in [-0.15, -0.1) is 0 Å². The molecule has 0 fully saturated rings. The van der Waals surface area contributed by atoms with Crippen LogP contribution >= 0.6 is 0 Å². The molecule has 0 amide bonds. The fourth-order valence-corrected chi connectivity index (χ4v) is 3.34. The van der Waals surface area contributed by atoms with Crippen molar-refractivity contribution in [1.82, 2.24) is 0 Å². The van der Waals surface area contributed by atoms with E-state index in [0.717, 1.165) is 19.3 Å². The second-order valence-electron chi connectivity index (χ2n) is 6.86. The minimum Gasteiger partial charge on any atom is -0.747 e. The second kappa shape index (κ2) is 19.5. The molecule has 0 rings (SSSR count). The van der Waals surface area contributed by atoms with Crippen LogP contribution in [0.15, 0.2) is 12.7 Å². The van der Waals surface area contributed by atoms with E-state index < -0.39 is 33.7 Å². The molecule has 0 aliphatic rings. The van der Waals surface area contributed by atoms with Gasteiger partial charge in [0.1, 0.15) is 16.7 Å². The molecule has 9 heteroatoms. The number of carbonyl (C=O) groups excluding carboxylic acids is 2. The third kappa shape index (κ3) is 18.1. The molecule has 0 aliphatic carbocycles. The van der Waals surface area contributed by atoms with Gasteiger partial charge in [-0.05, 0) is 6.42 Å². The van der Waals surface area contributed by atoms with Gasteiger partial charge < -0.3 is 14.0 Å². The van der Waals surface area contributed by atoms with Crippen LogP contribution in [0.4, 0.5) is 0 Å². The van der Waals surface area contributed by atoms with Gasteiger partial charge in [-0.3, -0.25) is 9.59 Å². The Balaban J connectivity index is 0. The molecular formula is C20H35NaO7S. The number of hydrogen-bond acceptors (Lipinski definition) is 7. The van der Waals surface area contributed by atoms with Crippen molar-refractivity contribution in [3.63, 3.8) is 0 Å². The van der Waals surface area contributed by atoms with Gasteiger partial charge in [-0.25, -0.2) is 8.42 Å². The van der Waals surface area contributed by atoms with Crippen LogP contribution in [0, 0.1) is 0 Å². The molecule has 0 spiro atoms. The maximum atomic E-state index is 11.7. The van der Waals surface area contributed by atoms with E-state index in [-0.39, 0.29) is 42.8 Å². The summed E-state index contributed by atoms with van der Waals surface area (Å²) >= 11 is 0. The van der Waals surface area contributed by atoms with E-state index in [9.17, 15) is 22.6 Å². The largest absolute Gasteiger partial charge is 1.00 e. The molecule has 0 saturated carbocycles. The summed E-state index contributed by atoms with van der Waals surface area (Å²) in [5, 5.41) is -2.09. The van der Waals surface area contributed by atoms with E-state index in [1.807, 2.05) is 0 Å². The fourth-order valence-electron chi connectivity index (χ4n) is 2.70. The summed E-state index contributed by atoms with van der Waals surface area (Å²) in [6.45, 7) is 5.43. The van der Waals surface area contributed by atoms with Crippen LogP contribution in [-0.4, -0.2) is 43.4 Å². The summed E-state index contributed by atoms with van der Waals surface area (Å²) < 4.78 is 43.0. The Morgan fingerprint density at radius 3 is 1.86 bits per heavy atom. The molecule has 0 heterocycles. The summed E-state index contributed by atoms with van der Waals surface area (Å²) in [7, 11) is -5.01. The summed E-state index contributed by atoms with van der Waals surface area (Å²) in [4.78, 5) is 23.3. The molecule has 0 aliphatic heterocycles. The SMILES string of the molecule is C=CCOC(=O)C(CC(=O)OCCCCCCCCCCCCC)S(=O)(=O)[O-].[Na+]. The first kappa shape index (κ1) is 30.8. The third-order valence-electron chi connectivity index (χ3n) is 4.32. The number of rotatable bonds is 18. The van der Waals surface area contributed by atoms with Crippen LogP contribution in [0.5, 0.6) is 0 Å². The summed E-state index contributed by atoms with van der Waals surface area (Å²) in [6, 6.07) is 0. The molecular weight excluding hydrogens is 407 g/mol. The first-order valence-electron chi connectivity index (χ1n) is 10.2.